The number of anilines is 2. The van der Waals surface area contributed by atoms with E-state index in [1.165, 1.54) is 11.9 Å². The number of nitrogens with one attached hydrogen (secondary N) is 1. The minimum Gasteiger partial charge on any atom is -0.360 e. The van der Waals surface area contributed by atoms with Crippen LogP contribution in [-0.4, -0.2) is 39.7 Å². The van der Waals surface area contributed by atoms with Crippen LogP contribution in [0.2, 0.25) is 0 Å². The van der Waals surface area contributed by atoms with Crippen molar-refractivity contribution < 1.29 is 9.59 Å². The number of likely N-dealkylation sites (N-methyl/N-ethyl adjacent to an activating group) is 1. The SMILES string of the molecule is CN1C(=O)/C(=N\C(Nc2ccccc2)C(Cl)(Cl)Cl)N(c2ccccc2)C1=O. The summed E-state index contributed by atoms with van der Waals surface area (Å²) in [7, 11) is 1.37. The Morgan fingerprint density at radius 3 is 2.07 bits per heavy atom. The molecule has 1 aliphatic heterocycles. The van der Waals surface area contributed by atoms with E-state index in [-0.39, 0.29) is 5.84 Å². The van der Waals surface area contributed by atoms with Crippen LogP contribution in [0.3, 0.4) is 0 Å². The van der Waals surface area contributed by atoms with E-state index in [1.807, 2.05) is 6.07 Å². The second kappa shape index (κ2) is 7.76. The van der Waals surface area contributed by atoms with Crippen LogP contribution in [-0.2, 0) is 4.79 Å². The molecule has 1 aliphatic rings. The summed E-state index contributed by atoms with van der Waals surface area (Å²) in [4.78, 5) is 31.6. The number of carbonyl (C=O) groups excluding carboxylic acids is 2. The van der Waals surface area contributed by atoms with Gasteiger partial charge in [0.25, 0.3) is 5.91 Å². The monoisotopic (exact) mass is 424 g/mol. The van der Waals surface area contributed by atoms with Gasteiger partial charge in [-0.2, -0.15) is 0 Å². The van der Waals surface area contributed by atoms with E-state index in [2.05, 4.69) is 10.3 Å². The van der Waals surface area contributed by atoms with Gasteiger partial charge in [-0.15, -0.1) is 0 Å². The summed E-state index contributed by atoms with van der Waals surface area (Å²) in [5.74, 6) is -0.716. The molecule has 1 heterocycles. The maximum Gasteiger partial charge on any atom is 0.337 e. The summed E-state index contributed by atoms with van der Waals surface area (Å²) in [6.45, 7) is 0. The van der Waals surface area contributed by atoms with Crippen molar-refractivity contribution in [1.82, 2.24) is 4.90 Å². The molecule has 6 nitrogen and oxygen atoms in total. The molecular weight excluding hydrogens is 411 g/mol. The van der Waals surface area contributed by atoms with Crippen LogP contribution < -0.4 is 10.2 Å². The van der Waals surface area contributed by atoms with Gasteiger partial charge in [0.15, 0.2) is 6.17 Å². The molecule has 27 heavy (non-hydrogen) atoms. The van der Waals surface area contributed by atoms with Crippen LogP contribution >= 0.6 is 34.8 Å². The van der Waals surface area contributed by atoms with Gasteiger partial charge in [-0.3, -0.25) is 9.69 Å². The first-order valence-corrected chi connectivity index (χ1v) is 9.05. The Kier molecular flexibility index (Phi) is 5.60. The van der Waals surface area contributed by atoms with E-state index in [0.717, 1.165) is 4.90 Å². The van der Waals surface area contributed by atoms with Crippen molar-refractivity contribution in [2.45, 2.75) is 9.96 Å². The summed E-state index contributed by atoms with van der Waals surface area (Å²) in [6.07, 6.45) is -1.10. The second-order valence-electron chi connectivity index (χ2n) is 5.72. The average molecular weight is 426 g/mol. The largest absolute Gasteiger partial charge is 0.360 e. The van der Waals surface area contributed by atoms with Crippen molar-refractivity contribution in [3.63, 3.8) is 0 Å². The summed E-state index contributed by atoms with van der Waals surface area (Å²) < 4.78 is -1.87. The molecule has 2 aromatic rings. The first kappa shape index (κ1) is 19.5. The normalized spacial score (nSPS) is 17.6. The number of para-hydroxylation sites is 2. The maximum atomic E-state index is 12.6. The third-order valence-corrected chi connectivity index (χ3v) is 4.46. The summed E-state index contributed by atoms with van der Waals surface area (Å²) in [5.41, 5.74) is 1.14. The summed E-state index contributed by atoms with van der Waals surface area (Å²) in [6, 6.07) is 17.1. The molecule has 3 rings (SSSR count). The van der Waals surface area contributed by atoms with E-state index < -0.39 is 21.9 Å². The second-order valence-corrected chi connectivity index (χ2v) is 8.09. The number of imide groups is 1. The molecule has 0 saturated carbocycles. The van der Waals surface area contributed by atoms with Gasteiger partial charge in [-0.1, -0.05) is 71.2 Å². The zero-order chi connectivity index (χ0) is 19.6. The van der Waals surface area contributed by atoms with Gasteiger partial charge in [0, 0.05) is 12.7 Å². The van der Waals surface area contributed by atoms with E-state index in [0.29, 0.717) is 11.4 Å². The standard InChI is InChI=1S/C18H15Cl3N4O2/c1-24-15(26)14(25(17(24)27)13-10-6-3-7-11-13)23-16(18(19,20)21)22-12-8-4-2-5-9-12/h2-11,16,22H,1H3/b23-14+. The Morgan fingerprint density at radius 1 is 0.963 bits per heavy atom. The van der Waals surface area contributed by atoms with Crippen molar-refractivity contribution >= 4 is 64.0 Å². The number of aliphatic imine (C=N–C) groups is 1. The fraction of sp³-hybridized carbons (Fsp3) is 0.167. The highest BCUT2D eigenvalue weighted by atomic mass is 35.6. The molecule has 0 aliphatic carbocycles. The molecule has 0 aromatic heterocycles. The van der Waals surface area contributed by atoms with E-state index in [9.17, 15) is 9.59 Å². The van der Waals surface area contributed by atoms with Crippen molar-refractivity contribution in [2.24, 2.45) is 4.99 Å². The summed E-state index contributed by atoms with van der Waals surface area (Å²) >= 11 is 18.2. The molecule has 1 fully saturated rings. The highest BCUT2D eigenvalue weighted by molar-refractivity contribution is 6.68. The number of alkyl halides is 3. The first-order valence-electron chi connectivity index (χ1n) is 7.92. The fourth-order valence-electron chi connectivity index (χ4n) is 2.50. The van der Waals surface area contributed by atoms with Crippen LogP contribution in [0, 0.1) is 0 Å². The molecule has 0 spiro atoms. The first-order chi connectivity index (χ1) is 12.8. The van der Waals surface area contributed by atoms with Crippen LogP contribution in [0.25, 0.3) is 0 Å². The van der Waals surface area contributed by atoms with E-state index >= 15 is 0 Å². The van der Waals surface area contributed by atoms with Crippen LogP contribution in [0.5, 0.6) is 0 Å². The van der Waals surface area contributed by atoms with Gasteiger partial charge in [-0.25, -0.2) is 14.7 Å². The Bertz CT molecular complexity index is 869. The smallest absolute Gasteiger partial charge is 0.337 e. The molecule has 9 heteroatoms. The van der Waals surface area contributed by atoms with Crippen molar-refractivity contribution in [3.05, 3.63) is 60.7 Å². The minimum atomic E-state index is -1.87. The Balaban J connectivity index is 2.03. The van der Waals surface area contributed by atoms with Gasteiger partial charge >= 0.3 is 6.03 Å². The number of amidine groups is 1. The molecule has 1 N–H and O–H groups in total. The van der Waals surface area contributed by atoms with Gasteiger partial charge in [0.2, 0.25) is 9.63 Å². The zero-order valence-corrected chi connectivity index (χ0v) is 16.4. The number of benzene rings is 2. The van der Waals surface area contributed by atoms with Crippen molar-refractivity contribution in [3.8, 4) is 0 Å². The number of nitrogens with zero attached hydrogens (tertiary/aromatic N) is 3. The fourth-order valence-corrected chi connectivity index (χ4v) is 2.81. The average Bonchev–Trinajstić information content (AvgIpc) is 2.86. The molecule has 1 unspecified atom stereocenters. The van der Waals surface area contributed by atoms with Gasteiger partial charge in [-0.05, 0) is 24.3 Å². The lowest BCUT2D eigenvalue weighted by Gasteiger charge is -2.24. The number of hydrogen-bond donors (Lipinski definition) is 1. The molecule has 1 saturated heterocycles. The minimum absolute atomic E-state index is 0.131. The number of urea groups is 1. The lowest BCUT2D eigenvalue weighted by molar-refractivity contribution is -0.119. The molecule has 1 atom stereocenters. The predicted molar refractivity (Wildman–Crippen MR) is 109 cm³/mol. The molecular formula is C18H15Cl3N4O2. The van der Waals surface area contributed by atoms with Crippen molar-refractivity contribution in [1.29, 1.82) is 0 Å². The van der Waals surface area contributed by atoms with E-state index in [1.54, 1.807) is 54.6 Å². The number of hydrogen-bond acceptors (Lipinski definition) is 4. The Hall–Kier alpha value is -2.28. The predicted octanol–water partition coefficient (Wildman–Crippen LogP) is 4.29. The number of amides is 3. The molecule has 2 aromatic carbocycles. The van der Waals surface area contributed by atoms with Crippen LogP contribution in [0.4, 0.5) is 16.2 Å². The number of halogens is 3. The highest BCUT2D eigenvalue weighted by Crippen LogP contribution is 2.34. The van der Waals surface area contributed by atoms with Crippen LogP contribution in [0.15, 0.2) is 65.7 Å². The van der Waals surface area contributed by atoms with Gasteiger partial charge < -0.3 is 5.32 Å². The lowest BCUT2D eigenvalue weighted by atomic mass is 10.3. The number of carbonyl (C=O) groups is 2. The third kappa shape index (κ3) is 4.18. The van der Waals surface area contributed by atoms with Crippen LogP contribution in [0.1, 0.15) is 0 Å². The van der Waals surface area contributed by atoms with Crippen molar-refractivity contribution in [2.75, 3.05) is 17.3 Å². The highest BCUT2D eigenvalue weighted by Gasteiger charge is 2.43. The van der Waals surface area contributed by atoms with Gasteiger partial charge in [0.1, 0.15) is 0 Å². The Morgan fingerprint density at radius 2 is 1.52 bits per heavy atom. The number of rotatable bonds is 4. The molecule has 3 amide bonds. The van der Waals surface area contributed by atoms with E-state index in [4.69, 9.17) is 34.8 Å². The summed E-state index contributed by atoms with van der Waals surface area (Å²) in [5, 5.41) is 2.98. The third-order valence-electron chi connectivity index (χ3n) is 3.84. The molecule has 140 valence electrons. The lowest BCUT2D eigenvalue weighted by Crippen LogP contribution is -2.37. The molecule has 0 bridgehead atoms. The zero-order valence-electron chi connectivity index (χ0n) is 14.1. The quantitative estimate of drug-likeness (QED) is 0.587. The topological polar surface area (TPSA) is 65.0 Å². The Labute approximate surface area is 171 Å². The molecule has 0 radical (unpaired) electrons. The maximum absolute atomic E-state index is 12.6. The van der Waals surface area contributed by atoms with Gasteiger partial charge in [0.05, 0.1) is 5.69 Å².